The second-order valence-corrected chi connectivity index (χ2v) is 5.02. The maximum absolute atomic E-state index is 11.9. The molecule has 1 aromatic rings. The van der Waals surface area contributed by atoms with E-state index in [1.54, 1.807) is 4.90 Å². The lowest BCUT2D eigenvalue weighted by Crippen LogP contribution is -2.40. The second-order valence-electron chi connectivity index (χ2n) is 4.08. The molecule has 6 nitrogen and oxygen atoms in total. The zero-order chi connectivity index (χ0) is 14.3. The van der Waals surface area contributed by atoms with E-state index in [0.29, 0.717) is 5.01 Å². The van der Waals surface area contributed by atoms with Gasteiger partial charge in [-0.2, -0.15) is 0 Å². The molecule has 0 radical (unpaired) electrons. The van der Waals surface area contributed by atoms with Crippen LogP contribution in [-0.2, 0) is 6.54 Å². The third-order valence-electron chi connectivity index (χ3n) is 2.44. The largest absolute Gasteiger partial charge is 0.476 e. The first-order valence-electron chi connectivity index (χ1n) is 6.28. The molecule has 0 unspecified atom stereocenters. The number of carboxylic acid groups (broad SMARTS) is 1. The Hall–Kier alpha value is -1.63. The van der Waals surface area contributed by atoms with Crippen molar-refractivity contribution in [3.63, 3.8) is 0 Å². The number of carboxylic acids is 1. The number of amides is 2. The number of aromatic carboxylic acids is 1. The minimum absolute atomic E-state index is 0.0215. The topological polar surface area (TPSA) is 82.5 Å². The molecule has 0 saturated heterocycles. The maximum Gasteiger partial charge on any atom is 0.355 e. The predicted octanol–water partition coefficient (Wildman–Crippen LogP) is 2.17. The molecule has 0 atom stereocenters. The van der Waals surface area contributed by atoms with E-state index in [4.69, 9.17) is 5.11 Å². The fourth-order valence-electron chi connectivity index (χ4n) is 1.61. The number of nitrogens with zero attached hydrogens (tertiary/aromatic N) is 2. The number of thiazole rings is 1. The molecule has 2 N–H and O–H groups in total. The maximum atomic E-state index is 11.9. The standard InChI is InChI=1S/C12H19N3O3S/c1-3-5-15(6-4-2)12(18)13-7-10-14-9(8-19-10)11(16)17/h8H,3-7H2,1-2H3,(H,13,18)(H,16,17). The van der Waals surface area contributed by atoms with Gasteiger partial charge in [-0.25, -0.2) is 14.6 Å². The lowest BCUT2D eigenvalue weighted by atomic mass is 10.4. The summed E-state index contributed by atoms with van der Waals surface area (Å²) in [6.45, 7) is 5.75. The number of urea groups is 1. The molecule has 0 saturated carbocycles. The van der Waals surface area contributed by atoms with Crippen molar-refractivity contribution in [2.45, 2.75) is 33.2 Å². The van der Waals surface area contributed by atoms with E-state index in [1.165, 1.54) is 16.7 Å². The average molecular weight is 285 g/mol. The molecule has 1 rings (SSSR count). The van der Waals surface area contributed by atoms with Crippen LogP contribution in [0.4, 0.5) is 4.79 Å². The Morgan fingerprint density at radius 3 is 2.47 bits per heavy atom. The monoisotopic (exact) mass is 285 g/mol. The minimum atomic E-state index is -1.05. The van der Waals surface area contributed by atoms with Crippen molar-refractivity contribution >= 4 is 23.3 Å². The zero-order valence-electron chi connectivity index (χ0n) is 11.2. The Balaban J connectivity index is 2.49. The Morgan fingerprint density at radius 2 is 2.00 bits per heavy atom. The smallest absolute Gasteiger partial charge is 0.355 e. The van der Waals surface area contributed by atoms with Crippen LogP contribution < -0.4 is 5.32 Å². The third-order valence-corrected chi connectivity index (χ3v) is 3.28. The van der Waals surface area contributed by atoms with Gasteiger partial charge in [0.05, 0.1) is 6.54 Å². The van der Waals surface area contributed by atoms with E-state index in [0.717, 1.165) is 25.9 Å². The van der Waals surface area contributed by atoms with Gasteiger partial charge in [-0.1, -0.05) is 13.8 Å². The highest BCUT2D eigenvalue weighted by molar-refractivity contribution is 7.09. The molecule has 1 aromatic heterocycles. The molecule has 7 heteroatoms. The predicted molar refractivity (Wildman–Crippen MR) is 73.5 cm³/mol. The molecule has 0 aliphatic carbocycles. The molecule has 2 amide bonds. The molecule has 1 heterocycles. The summed E-state index contributed by atoms with van der Waals surface area (Å²) in [5.41, 5.74) is 0.0215. The average Bonchev–Trinajstić information content (AvgIpc) is 2.84. The molecule has 0 bridgehead atoms. The number of nitrogens with one attached hydrogen (secondary N) is 1. The van der Waals surface area contributed by atoms with Crippen molar-refractivity contribution in [2.75, 3.05) is 13.1 Å². The van der Waals surface area contributed by atoms with E-state index in [-0.39, 0.29) is 18.3 Å². The molecule has 0 aliphatic heterocycles. The number of hydrogen-bond donors (Lipinski definition) is 2. The number of hydrogen-bond acceptors (Lipinski definition) is 4. The van der Waals surface area contributed by atoms with Crippen molar-refractivity contribution in [1.29, 1.82) is 0 Å². The van der Waals surface area contributed by atoms with E-state index in [9.17, 15) is 9.59 Å². The number of aromatic nitrogens is 1. The highest BCUT2D eigenvalue weighted by atomic mass is 32.1. The summed E-state index contributed by atoms with van der Waals surface area (Å²) in [6.07, 6.45) is 1.82. The second kappa shape index (κ2) is 7.73. The van der Waals surface area contributed by atoms with Gasteiger partial charge in [0.1, 0.15) is 5.01 Å². The summed E-state index contributed by atoms with van der Waals surface area (Å²) >= 11 is 1.23. The SMILES string of the molecule is CCCN(CCC)C(=O)NCc1nc(C(=O)O)cs1. The summed E-state index contributed by atoms with van der Waals surface area (Å²) < 4.78 is 0. The first-order chi connectivity index (χ1) is 9.08. The summed E-state index contributed by atoms with van der Waals surface area (Å²) in [7, 11) is 0. The van der Waals surface area contributed by atoms with Crippen LogP contribution in [-0.4, -0.2) is 40.1 Å². The van der Waals surface area contributed by atoms with Crippen molar-refractivity contribution in [3.05, 3.63) is 16.1 Å². The minimum Gasteiger partial charge on any atom is -0.476 e. The van der Waals surface area contributed by atoms with E-state index in [2.05, 4.69) is 10.3 Å². The lowest BCUT2D eigenvalue weighted by molar-refractivity contribution is 0.0691. The number of rotatable bonds is 7. The molecule has 0 fully saturated rings. The Kier molecular flexibility index (Phi) is 6.27. The van der Waals surface area contributed by atoms with Gasteiger partial charge in [0.2, 0.25) is 0 Å². The summed E-state index contributed by atoms with van der Waals surface area (Å²) in [6, 6.07) is -0.129. The summed E-state index contributed by atoms with van der Waals surface area (Å²) in [4.78, 5) is 28.3. The third kappa shape index (κ3) is 4.86. The molecule has 106 valence electrons. The fraction of sp³-hybridized carbons (Fsp3) is 0.583. The van der Waals surface area contributed by atoms with Gasteiger partial charge in [0.15, 0.2) is 5.69 Å². The molecular weight excluding hydrogens is 266 g/mol. The quantitative estimate of drug-likeness (QED) is 0.804. The van der Waals surface area contributed by atoms with Gasteiger partial charge in [-0.15, -0.1) is 11.3 Å². The summed E-state index contributed by atoms with van der Waals surface area (Å²) in [5, 5.41) is 13.6. The van der Waals surface area contributed by atoms with Crippen molar-refractivity contribution in [2.24, 2.45) is 0 Å². The highest BCUT2D eigenvalue weighted by Gasteiger charge is 2.13. The van der Waals surface area contributed by atoms with Crippen molar-refractivity contribution < 1.29 is 14.7 Å². The van der Waals surface area contributed by atoms with Gasteiger partial charge in [0, 0.05) is 18.5 Å². The van der Waals surface area contributed by atoms with Crippen LogP contribution in [0.5, 0.6) is 0 Å². The number of carbonyl (C=O) groups is 2. The Labute approximate surface area is 116 Å². The van der Waals surface area contributed by atoms with Crippen LogP contribution in [0, 0.1) is 0 Å². The van der Waals surface area contributed by atoms with Crippen LogP contribution in [0.15, 0.2) is 5.38 Å². The van der Waals surface area contributed by atoms with Gasteiger partial charge in [-0.05, 0) is 12.8 Å². The highest BCUT2D eigenvalue weighted by Crippen LogP contribution is 2.09. The Bertz CT molecular complexity index is 428. The van der Waals surface area contributed by atoms with Crippen molar-refractivity contribution in [1.82, 2.24) is 15.2 Å². The van der Waals surface area contributed by atoms with Crippen molar-refractivity contribution in [3.8, 4) is 0 Å². The van der Waals surface area contributed by atoms with Crippen LogP contribution in [0.25, 0.3) is 0 Å². The van der Waals surface area contributed by atoms with E-state index in [1.807, 2.05) is 13.8 Å². The van der Waals surface area contributed by atoms with Gasteiger partial charge < -0.3 is 15.3 Å². The number of carbonyl (C=O) groups excluding carboxylic acids is 1. The van der Waals surface area contributed by atoms with Gasteiger partial charge >= 0.3 is 12.0 Å². The molecule has 0 spiro atoms. The molecule has 0 aliphatic rings. The van der Waals surface area contributed by atoms with Gasteiger partial charge in [-0.3, -0.25) is 0 Å². The molecule has 0 aromatic carbocycles. The van der Waals surface area contributed by atoms with Gasteiger partial charge in [0.25, 0.3) is 0 Å². The first-order valence-corrected chi connectivity index (χ1v) is 7.16. The molecular formula is C12H19N3O3S. The van der Waals surface area contributed by atoms with Crippen LogP contribution in [0.2, 0.25) is 0 Å². The summed E-state index contributed by atoms with van der Waals surface area (Å²) in [5.74, 6) is -1.05. The normalized spacial score (nSPS) is 10.2. The van der Waals surface area contributed by atoms with E-state index >= 15 is 0 Å². The first kappa shape index (κ1) is 15.4. The van der Waals surface area contributed by atoms with Crippen LogP contribution >= 0.6 is 11.3 Å². The Morgan fingerprint density at radius 1 is 1.37 bits per heavy atom. The molecule has 19 heavy (non-hydrogen) atoms. The van der Waals surface area contributed by atoms with E-state index < -0.39 is 5.97 Å². The van der Waals surface area contributed by atoms with Crippen LogP contribution in [0.3, 0.4) is 0 Å². The zero-order valence-corrected chi connectivity index (χ0v) is 12.0. The van der Waals surface area contributed by atoms with Crippen LogP contribution in [0.1, 0.15) is 42.2 Å². The fourth-order valence-corrected chi connectivity index (χ4v) is 2.32. The lowest BCUT2D eigenvalue weighted by Gasteiger charge is -2.21.